The number of halogens is 3. The summed E-state index contributed by atoms with van der Waals surface area (Å²) in [7, 11) is 0. The van der Waals surface area contributed by atoms with Gasteiger partial charge in [-0.05, 0) is 73.4 Å². The second-order valence-corrected chi connectivity index (χ2v) is 15.9. The highest BCUT2D eigenvalue weighted by molar-refractivity contribution is 6.58. The molecule has 0 aromatic heterocycles. The van der Waals surface area contributed by atoms with Gasteiger partial charge in [-0.25, -0.2) is 9.29 Å². The lowest BCUT2D eigenvalue weighted by Gasteiger charge is -2.50. The molecule has 4 amide bonds. The van der Waals surface area contributed by atoms with E-state index in [4.69, 9.17) is 23.2 Å². The number of anilines is 1. The zero-order valence-electron chi connectivity index (χ0n) is 28.4. The van der Waals surface area contributed by atoms with Crippen molar-refractivity contribution in [3.8, 4) is 5.75 Å². The van der Waals surface area contributed by atoms with Crippen molar-refractivity contribution in [2.75, 3.05) is 18.0 Å². The van der Waals surface area contributed by atoms with Crippen LogP contribution in [0.3, 0.4) is 0 Å². The van der Waals surface area contributed by atoms with Crippen LogP contribution in [0.25, 0.3) is 0 Å². The van der Waals surface area contributed by atoms with Gasteiger partial charge < -0.3 is 5.11 Å². The third-order valence-electron chi connectivity index (χ3n) is 11.9. The van der Waals surface area contributed by atoms with E-state index in [2.05, 4.69) is 23.6 Å². The van der Waals surface area contributed by atoms with Crippen molar-refractivity contribution >= 4 is 52.5 Å². The van der Waals surface area contributed by atoms with Gasteiger partial charge >= 0.3 is 0 Å². The molecule has 3 aromatic rings. The van der Waals surface area contributed by atoms with Crippen LogP contribution in [0.2, 0.25) is 0 Å². The molecule has 6 atom stereocenters. The van der Waals surface area contributed by atoms with Crippen LogP contribution in [-0.2, 0) is 32.1 Å². The Balaban J connectivity index is 1.17. The monoisotopic (exact) mass is 741 g/mol. The molecule has 0 spiro atoms. The van der Waals surface area contributed by atoms with E-state index >= 15 is 0 Å². The van der Waals surface area contributed by atoms with E-state index in [0.29, 0.717) is 30.4 Å². The van der Waals surface area contributed by atoms with Gasteiger partial charge in [-0.2, -0.15) is 0 Å². The molecule has 1 N–H and O–H groups in total. The van der Waals surface area contributed by atoms with E-state index in [1.165, 1.54) is 22.6 Å². The fraction of sp³-hybridized carbons (Fsp3) is 0.366. The lowest BCUT2D eigenvalue weighted by atomic mass is 9.56. The molecule has 3 aromatic carbocycles. The first-order chi connectivity index (χ1) is 25.0. The summed E-state index contributed by atoms with van der Waals surface area (Å²) in [5, 5.41) is 11.7. The number of piperidine rings is 1. The highest BCUT2D eigenvalue weighted by Crippen LogP contribution is 2.66. The van der Waals surface area contributed by atoms with Gasteiger partial charge in [0.2, 0.25) is 11.8 Å². The zero-order valence-corrected chi connectivity index (χ0v) is 29.9. The number of aromatic hydroxyl groups is 1. The molecule has 2 aliphatic carbocycles. The average Bonchev–Trinajstić information content (AvgIpc) is 3.48. The first kappa shape index (κ1) is 34.8. The Labute approximate surface area is 311 Å². The average molecular weight is 743 g/mol. The number of hydrogen-bond donors (Lipinski definition) is 1. The predicted octanol–water partition coefficient (Wildman–Crippen LogP) is 6.49. The number of alkyl halides is 2. The topological polar surface area (TPSA) is 98.2 Å². The molecule has 0 bridgehead atoms. The number of allylic oxidation sites excluding steroid dienone is 3. The number of para-hydroxylation sites is 1. The van der Waals surface area contributed by atoms with Crippen LogP contribution >= 0.6 is 23.2 Å². The quantitative estimate of drug-likeness (QED) is 0.169. The summed E-state index contributed by atoms with van der Waals surface area (Å²) in [5.41, 5.74) is 2.72. The Kier molecular flexibility index (Phi) is 8.67. The summed E-state index contributed by atoms with van der Waals surface area (Å²) >= 11 is 15.0. The van der Waals surface area contributed by atoms with Gasteiger partial charge in [0.1, 0.15) is 11.6 Å². The third kappa shape index (κ3) is 5.11. The second-order valence-electron chi connectivity index (χ2n) is 14.6. The second kappa shape index (κ2) is 13.0. The van der Waals surface area contributed by atoms with Crippen LogP contribution in [0.1, 0.15) is 48.3 Å². The molecular weight excluding hydrogens is 704 g/mol. The molecule has 8 rings (SSSR count). The maximum Gasteiger partial charge on any atom is 0.258 e. The van der Waals surface area contributed by atoms with Crippen molar-refractivity contribution in [1.82, 2.24) is 9.80 Å². The molecule has 8 nitrogen and oxygen atoms in total. The fourth-order valence-electron chi connectivity index (χ4n) is 9.47. The number of nitrogens with zero attached hydrogens (tertiary/aromatic N) is 3. The Morgan fingerprint density at radius 1 is 0.885 bits per heavy atom. The molecule has 52 heavy (non-hydrogen) atoms. The number of phenolic OH excluding ortho intramolecular Hbond substituents is 1. The van der Waals surface area contributed by atoms with Crippen LogP contribution in [-0.4, -0.2) is 67.4 Å². The Morgan fingerprint density at radius 3 is 2.29 bits per heavy atom. The number of hydrogen-bond acceptors (Lipinski definition) is 6. The van der Waals surface area contributed by atoms with Crippen molar-refractivity contribution in [1.29, 1.82) is 0 Å². The van der Waals surface area contributed by atoms with Crippen LogP contribution in [0, 0.1) is 23.6 Å². The molecular formula is C41H38Cl2FN3O5. The van der Waals surface area contributed by atoms with E-state index in [1.807, 2.05) is 24.3 Å². The highest BCUT2D eigenvalue weighted by Gasteiger charge is 2.77. The van der Waals surface area contributed by atoms with Crippen LogP contribution in [0.15, 0.2) is 97.1 Å². The molecule has 1 saturated carbocycles. The standard InChI is InChI=1S/C41H38Cl2FN3O5/c1-2-7-25-10-6-11-31(35(25)48)34-29-16-17-30-33(37(50)46(36(30)49)28-18-20-45(21-19-28)23-24-8-4-3-5-9-24)32(29)22-40(42)38(51)47(39(52)41(34,40)43)27-14-12-26(44)13-15-27/h2-6,8-16,28,30,32-34,48H,1,7,17-23H2/t30-,32+,33-,34+,40+,41-/m0/s1. The molecule has 3 aliphatic heterocycles. The molecule has 0 unspecified atom stereocenters. The molecule has 3 heterocycles. The van der Waals surface area contributed by atoms with Gasteiger partial charge in [0.15, 0.2) is 9.75 Å². The van der Waals surface area contributed by atoms with Crippen molar-refractivity contribution in [3.05, 3.63) is 120 Å². The number of benzene rings is 3. The minimum absolute atomic E-state index is 0.0981. The first-order valence-corrected chi connectivity index (χ1v) is 18.5. The molecule has 268 valence electrons. The zero-order chi connectivity index (χ0) is 36.5. The van der Waals surface area contributed by atoms with Crippen LogP contribution in [0.5, 0.6) is 5.75 Å². The Morgan fingerprint density at radius 2 is 1.60 bits per heavy atom. The van der Waals surface area contributed by atoms with Gasteiger partial charge in [0.25, 0.3) is 11.8 Å². The fourth-order valence-corrected chi connectivity index (χ4v) is 10.4. The lowest BCUT2D eigenvalue weighted by molar-refractivity contribution is -0.144. The number of carbonyl (C=O) groups is 4. The summed E-state index contributed by atoms with van der Waals surface area (Å²) in [5.74, 6) is -6.14. The Bertz CT molecular complexity index is 2020. The highest BCUT2D eigenvalue weighted by atomic mass is 35.5. The minimum Gasteiger partial charge on any atom is -0.507 e. The molecule has 4 fully saturated rings. The number of likely N-dealkylation sites (tertiary alicyclic amines) is 2. The van der Waals surface area contributed by atoms with Crippen molar-refractivity contribution in [3.63, 3.8) is 0 Å². The summed E-state index contributed by atoms with van der Waals surface area (Å²) in [6, 6.07) is 19.9. The van der Waals surface area contributed by atoms with E-state index in [9.17, 15) is 28.7 Å². The van der Waals surface area contributed by atoms with Crippen LogP contribution in [0.4, 0.5) is 10.1 Å². The number of imide groups is 2. The van der Waals surface area contributed by atoms with Gasteiger partial charge in [-0.15, -0.1) is 29.8 Å². The summed E-state index contributed by atoms with van der Waals surface area (Å²) in [6.45, 7) is 6.05. The summed E-state index contributed by atoms with van der Waals surface area (Å²) < 4.78 is 14.0. The van der Waals surface area contributed by atoms with E-state index in [1.54, 1.807) is 24.3 Å². The SMILES string of the molecule is C=CCc1cccc([C@H]2C3=CC[C@@H]4C(=O)N(C5CCN(Cc6ccccc6)CC5)C(=O)[C@@H]4[C@@H]3C[C@@]3(Cl)C(=O)N(c4ccc(F)cc4)C(=O)[C@@]23Cl)c1O. The van der Waals surface area contributed by atoms with Gasteiger partial charge in [-0.3, -0.25) is 29.0 Å². The molecule has 0 radical (unpaired) electrons. The number of rotatable bonds is 7. The molecule has 5 aliphatic rings. The smallest absolute Gasteiger partial charge is 0.258 e. The van der Waals surface area contributed by atoms with E-state index in [0.717, 1.165) is 36.7 Å². The normalized spacial score (nSPS) is 30.6. The third-order valence-corrected chi connectivity index (χ3v) is 13.3. The maximum atomic E-state index is 14.6. The number of amides is 4. The largest absolute Gasteiger partial charge is 0.507 e. The Hall–Kier alpha value is -4.31. The van der Waals surface area contributed by atoms with Gasteiger partial charge in [-0.1, -0.05) is 66.3 Å². The molecule has 11 heteroatoms. The number of phenols is 1. The minimum atomic E-state index is -2.13. The van der Waals surface area contributed by atoms with Crippen molar-refractivity contribution in [2.45, 2.75) is 60.4 Å². The van der Waals surface area contributed by atoms with Crippen molar-refractivity contribution < 1.29 is 28.7 Å². The first-order valence-electron chi connectivity index (χ1n) is 17.8. The van der Waals surface area contributed by atoms with E-state index in [-0.39, 0.29) is 47.7 Å². The van der Waals surface area contributed by atoms with Crippen LogP contribution < -0.4 is 4.90 Å². The summed E-state index contributed by atoms with van der Waals surface area (Å²) in [4.78, 5) is 58.4. The maximum absolute atomic E-state index is 14.6. The summed E-state index contributed by atoms with van der Waals surface area (Å²) in [6.07, 6.45) is 5.17. The number of carbonyl (C=O) groups excluding carboxylic acids is 4. The predicted molar refractivity (Wildman–Crippen MR) is 195 cm³/mol. The van der Waals surface area contributed by atoms with Gasteiger partial charge in [0, 0.05) is 37.2 Å². The van der Waals surface area contributed by atoms with E-state index < -0.39 is 51.1 Å². The van der Waals surface area contributed by atoms with Crippen molar-refractivity contribution in [2.24, 2.45) is 17.8 Å². The van der Waals surface area contributed by atoms with Gasteiger partial charge in [0.05, 0.1) is 17.5 Å². The molecule has 3 saturated heterocycles. The number of fused-ring (bicyclic) bond motifs is 4. The lowest BCUT2D eigenvalue weighted by Crippen LogP contribution is -2.60.